The Morgan fingerprint density at radius 1 is 1.15 bits per heavy atom. The fourth-order valence-electron chi connectivity index (χ4n) is 1.81. The number of carboxylic acids is 1. The highest BCUT2D eigenvalue weighted by Crippen LogP contribution is 1.98. The second-order valence-corrected chi connectivity index (χ2v) is 4.92. The number of hydrogen-bond donors (Lipinski definition) is 2. The molecule has 0 atom stereocenters. The lowest BCUT2D eigenvalue weighted by Gasteiger charge is -2.03. The van der Waals surface area contributed by atoms with E-state index in [9.17, 15) is 9.59 Å². The summed E-state index contributed by atoms with van der Waals surface area (Å²) in [5.74, 6) is -0.722. The molecule has 0 saturated heterocycles. The van der Waals surface area contributed by atoms with E-state index in [1.54, 1.807) is 0 Å². The number of rotatable bonds is 9. The number of unbranched alkanes of at least 4 members (excludes halogenated alkanes) is 2. The SMILES string of the molecule is Cc1cc[n+](CCC(=O)NCCCCCC(=O)O)cc1. The first-order chi connectivity index (χ1) is 9.58. The number of carbonyl (C=O) groups is 2. The predicted octanol–water partition coefficient (Wildman–Crippen LogP) is 1.43. The van der Waals surface area contributed by atoms with Crippen molar-refractivity contribution in [3.63, 3.8) is 0 Å². The maximum Gasteiger partial charge on any atom is 0.303 e. The van der Waals surface area contributed by atoms with E-state index >= 15 is 0 Å². The van der Waals surface area contributed by atoms with Crippen LogP contribution in [0.15, 0.2) is 24.5 Å². The lowest BCUT2D eigenvalue weighted by Crippen LogP contribution is -2.36. The highest BCUT2D eigenvalue weighted by Gasteiger charge is 2.05. The van der Waals surface area contributed by atoms with Gasteiger partial charge in [-0.1, -0.05) is 6.42 Å². The first-order valence-electron chi connectivity index (χ1n) is 7.02. The fraction of sp³-hybridized carbons (Fsp3) is 0.533. The Hall–Kier alpha value is -1.91. The quantitative estimate of drug-likeness (QED) is 0.531. The molecular weight excluding hydrogens is 256 g/mol. The van der Waals surface area contributed by atoms with Crippen molar-refractivity contribution in [2.75, 3.05) is 6.54 Å². The van der Waals surface area contributed by atoms with Crippen molar-refractivity contribution in [3.05, 3.63) is 30.1 Å². The van der Waals surface area contributed by atoms with E-state index in [-0.39, 0.29) is 12.3 Å². The number of hydrogen-bond acceptors (Lipinski definition) is 2. The maximum atomic E-state index is 11.6. The minimum Gasteiger partial charge on any atom is -0.481 e. The molecular formula is C15H23N2O3+. The van der Waals surface area contributed by atoms with Crippen molar-refractivity contribution < 1.29 is 19.3 Å². The van der Waals surface area contributed by atoms with Gasteiger partial charge in [-0.15, -0.1) is 0 Å². The van der Waals surface area contributed by atoms with Crippen LogP contribution >= 0.6 is 0 Å². The van der Waals surface area contributed by atoms with Crippen LogP contribution in [-0.4, -0.2) is 23.5 Å². The van der Waals surface area contributed by atoms with Crippen LogP contribution in [-0.2, 0) is 16.1 Å². The van der Waals surface area contributed by atoms with Crippen LogP contribution in [0.1, 0.15) is 37.7 Å². The Kier molecular flexibility index (Phi) is 7.32. The Bertz CT molecular complexity index is 429. The van der Waals surface area contributed by atoms with Crippen LogP contribution < -0.4 is 9.88 Å². The molecule has 5 heteroatoms. The van der Waals surface area contributed by atoms with Gasteiger partial charge in [0, 0.05) is 25.1 Å². The molecule has 0 unspecified atom stereocenters. The lowest BCUT2D eigenvalue weighted by atomic mass is 10.2. The van der Waals surface area contributed by atoms with Crippen molar-refractivity contribution in [2.45, 2.75) is 45.6 Å². The third-order valence-electron chi connectivity index (χ3n) is 3.04. The fourth-order valence-corrected chi connectivity index (χ4v) is 1.81. The average Bonchev–Trinajstić information content (AvgIpc) is 2.41. The Labute approximate surface area is 119 Å². The van der Waals surface area contributed by atoms with Gasteiger partial charge < -0.3 is 10.4 Å². The Balaban J connectivity index is 2.06. The first kappa shape index (κ1) is 16.1. The van der Waals surface area contributed by atoms with Gasteiger partial charge in [0.25, 0.3) is 0 Å². The number of nitrogens with zero attached hydrogens (tertiary/aromatic N) is 1. The van der Waals surface area contributed by atoms with E-state index in [4.69, 9.17) is 5.11 Å². The number of amides is 1. The summed E-state index contributed by atoms with van der Waals surface area (Å²) in [4.78, 5) is 21.9. The number of carboxylic acid groups (broad SMARTS) is 1. The Morgan fingerprint density at radius 2 is 1.85 bits per heavy atom. The van der Waals surface area contributed by atoms with Crippen LogP contribution in [0.2, 0.25) is 0 Å². The average molecular weight is 279 g/mol. The van der Waals surface area contributed by atoms with Crippen molar-refractivity contribution >= 4 is 11.9 Å². The van der Waals surface area contributed by atoms with Crippen molar-refractivity contribution in [1.82, 2.24) is 5.32 Å². The van der Waals surface area contributed by atoms with Gasteiger partial charge >= 0.3 is 5.97 Å². The smallest absolute Gasteiger partial charge is 0.303 e. The van der Waals surface area contributed by atoms with Crippen LogP contribution in [0.5, 0.6) is 0 Å². The summed E-state index contributed by atoms with van der Waals surface area (Å²) in [6.45, 7) is 3.32. The van der Waals surface area contributed by atoms with Crippen LogP contribution in [0.25, 0.3) is 0 Å². The third-order valence-corrected chi connectivity index (χ3v) is 3.04. The molecule has 0 spiro atoms. The minimum atomic E-state index is -0.760. The maximum absolute atomic E-state index is 11.6. The third kappa shape index (κ3) is 7.51. The van der Waals surface area contributed by atoms with Gasteiger partial charge in [-0.3, -0.25) is 9.59 Å². The monoisotopic (exact) mass is 279 g/mol. The standard InChI is InChI=1S/C15H22N2O3/c1-13-6-10-17(11-7-13)12-8-14(18)16-9-4-2-3-5-15(19)20/h6-7,10-11H,2-5,8-9,12H2,1H3,(H-,16,18,19,20)/p+1. The second kappa shape index (κ2) is 9.07. The van der Waals surface area contributed by atoms with Gasteiger partial charge in [-0.2, -0.15) is 0 Å². The summed E-state index contributed by atoms with van der Waals surface area (Å²) >= 11 is 0. The summed E-state index contributed by atoms with van der Waals surface area (Å²) in [6, 6.07) is 4.03. The summed E-state index contributed by atoms with van der Waals surface area (Å²) in [5, 5.41) is 11.3. The van der Waals surface area contributed by atoms with Gasteiger partial charge in [0.1, 0.15) is 0 Å². The Morgan fingerprint density at radius 3 is 2.50 bits per heavy atom. The van der Waals surface area contributed by atoms with Gasteiger partial charge in [0.15, 0.2) is 18.9 Å². The van der Waals surface area contributed by atoms with Gasteiger partial charge in [0.05, 0.1) is 6.42 Å². The summed E-state index contributed by atoms with van der Waals surface area (Å²) in [5.41, 5.74) is 1.20. The van der Waals surface area contributed by atoms with Gasteiger partial charge in [0.2, 0.25) is 5.91 Å². The molecule has 1 aromatic heterocycles. The van der Waals surface area contributed by atoms with Gasteiger partial charge in [-0.05, 0) is 25.3 Å². The largest absolute Gasteiger partial charge is 0.481 e. The zero-order valence-electron chi connectivity index (χ0n) is 12.0. The van der Waals surface area contributed by atoms with E-state index in [0.717, 1.165) is 12.8 Å². The van der Waals surface area contributed by atoms with Crippen LogP contribution in [0.4, 0.5) is 0 Å². The number of aromatic nitrogens is 1. The van der Waals surface area contributed by atoms with E-state index in [2.05, 4.69) is 5.32 Å². The molecule has 0 bridgehead atoms. The van der Waals surface area contributed by atoms with Crippen LogP contribution in [0, 0.1) is 6.92 Å². The second-order valence-electron chi connectivity index (χ2n) is 4.92. The van der Waals surface area contributed by atoms with Crippen molar-refractivity contribution in [1.29, 1.82) is 0 Å². The molecule has 0 saturated carbocycles. The summed E-state index contributed by atoms with van der Waals surface area (Å²) < 4.78 is 1.99. The van der Waals surface area contributed by atoms with E-state index in [1.807, 2.05) is 36.0 Å². The van der Waals surface area contributed by atoms with Crippen molar-refractivity contribution in [3.8, 4) is 0 Å². The molecule has 0 radical (unpaired) electrons. The molecule has 1 amide bonds. The highest BCUT2D eigenvalue weighted by molar-refractivity contribution is 5.75. The van der Waals surface area contributed by atoms with E-state index in [1.165, 1.54) is 5.56 Å². The number of nitrogens with one attached hydrogen (secondary N) is 1. The molecule has 1 rings (SSSR count). The predicted molar refractivity (Wildman–Crippen MR) is 75.1 cm³/mol. The molecule has 20 heavy (non-hydrogen) atoms. The lowest BCUT2D eigenvalue weighted by molar-refractivity contribution is -0.695. The van der Waals surface area contributed by atoms with Crippen molar-refractivity contribution in [2.24, 2.45) is 0 Å². The molecule has 0 aliphatic heterocycles. The highest BCUT2D eigenvalue weighted by atomic mass is 16.4. The summed E-state index contributed by atoms with van der Waals surface area (Å²) in [7, 11) is 0. The van der Waals surface area contributed by atoms with E-state index < -0.39 is 5.97 Å². The normalized spacial score (nSPS) is 10.2. The molecule has 0 aromatic carbocycles. The number of aryl methyl sites for hydroxylation is 2. The zero-order valence-corrected chi connectivity index (χ0v) is 12.0. The first-order valence-corrected chi connectivity index (χ1v) is 7.02. The number of carbonyl (C=O) groups excluding carboxylic acids is 1. The number of pyridine rings is 1. The minimum absolute atomic E-state index is 0.0382. The van der Waals surface area contributed by atoms with Crippen LogP contribution in [0.3, 0.4) is 0 Å². The molecule has 5 nitrogen and oxygen atoms in total. The van der Waals surface area contributed by atoms with E-state index in [0.29, 0.717) is 25.9 Å². The molecule has 1 aromatic rings. The molecule has 0 fully saturated rings. The summed E-state index contributed by atoms with van der Waals surface area (Å²) in [6.07, 6.45) is 6.93. The molecule has 0 aliphatic carbocycles. The molecule has 2 N–H and O–H groups in total. The topological polar surface area (TPSA) is 70.3 Å². The molecule has 0 aliphatic rings. The molecule has 110 valence electrons. The number of aliphatic carboxylic acids is 1. The van der Waals surface area contributed by atoms with Gasteiger partial charge in [-0.25, -0.2) is 4.57 Å². The zero-order chi connectivity index (χ0) is 14.8. The molecule has 1 heterocycles.